The molecule has 0 amide bonds. The van der Waals surface area contributed by atoms with Gasteiger partial charge in [0.1, 0.15) is 0 Å². The monoisotopic (exact) mass is 328 g/mol. The van der Waals surface area contributed by atoms with Gasteiger partial charge in [-0.1, -0.05) is 17.8 Å². The minimum atomic E-state index is -0.171. The summed E-state index contributed by atoms with van der Waals surface area (Å²) in [6, 6.07) is 5.83. The van der Waals surface area contributed by atoms with Gasteiger partial charge < -0.3 is 5.73 Å². The SMILES string of the molecule is CCn1c(SCc2ccc(Br)c(N)c2)n[nH]c1=O. The topological polar surface area (TPSA) is 76.7 Å². The number of nitrogens with two attached hydrogens (primary N) is 1. The van der Waals surface area contributed by atoms with Crippen LogP contribution in [0.2, 0.25) is 0 Å². The van der Waals surface area contributed by atoms with Crippen molar-refractivity contribution in [2.24, 2.45) is 0 Å². The highest BCUT2D eigenvalue weighted by Gasteiger charge is 2.07. The minimum absolute atomic E-state index is 0.171. The first-order valence-corrected chi connectivity index (χ1v) is 7.21. The Balaban J connectivity index is 2.11. The van der Waals surface area contributed by atoms with Crippen molar-refractivity contribution < 1.29 is 0 Å². The number of aromatic nitrogens is 3. The number of aromatic amines is 1. The van der Waals surface area contributed by atoms with Gasteiger partial charge in [-0.25, -0.2) is 9.89 Å². The molecule has 96 valence electrons. The second kappa shape index (κ2) is 5.62. The van der Waals surface area contributed by atoms with E-state index in [0.717, 1.165) is 15.8 Å². The predicted octanol–water partition coefficient (Wildman–Crippen LogP) is 2.23. The van der Waals surface area contributed by atoms with E-state index in [1.807, 2.05) is 25.1 Å². The number of benzene rings is 1. The Morgan fingerprint density at radius 3 is 3.00 bits per heavy atom. The highest BCUT2D eigenvalue weighted by Crippen LogP contribution is 2.25. The number of nitrogen functional groups attached to an aromatic ring is 1. The number of nitrogens with zero attached hydrogens (tertiary/aromatic N) is 2. The van der Waals surface area contributed by atoms with E-state index in [-0.39, 0.29) is 5.69 Å². The molecule has 0 spiro atoms. The number of hydrogen-bond donors (Lipinski definition) is 2. The number of halogens is 1. The highest BCUT2D eigenvalue weighted by atomic mass is 79.9. The van der Waals surface area contributed by atoms with E-state index < -0.39 is 0 Å². The number of thioether (sulfide) groups is 1. The maximum Gasteiger partial charge on any atom is 0.343 e. The van der Waals surface area contributed by atoms with Gasteiger partial charge in [-0.3, -0.25) is 4.57 Å². The largest absolute Gasteiger partial charge is 0.398 e. The molecule has 0 aliphatic rings. The molecule has 7 heteroatoms. The maximum atomic E-state index is 11.4. The second-order valence-corrected chi connectivity index (χ2v) is 5.50. The van der Waals surface area contributed by atoms with Crippen molar-refractivity contribution in [3.8, 4) is 0 Å². The third-order valence-corrected chi connectivity index (χ3v) is 4.24. The van der Waals surface area contributed by atoms with Crippen LogP contribution in [0.15, 0.2) is 32.6 Å². The van der Waals surface area contributed by atoms with E-state index in [2.05, 4.69) is 26.1 Å². The molecule has 0 unspecified atom stereocenters. The lowest BCUT2D eigenvalue weighted by molar-refractivity contribution is 0.660. The van der Waals surface area contributed by atoms with Crippen LogP contribution in [-0.2, 0) is 12.3 Å². The van der Waals surface area contributed by atoms with Gasteiger partial charge in [0.2, 0.25) is 0 Å². The van der Waals surface area contributed by atoms with Gasteiger partial charge in [-0.15, -0.1) is 5.10 Å². The summed E-state index contributed by atoms with van der Waals surface area (Å²) in [5.41, 5.74) is 7.45. The first-order valence-electron chi connectivity index (χ1n) is 5.43. The molecular weight excluding hydrogens is 316 g/mol. The van der Waals surface area contributed by atoms with Crippen molar-refractivity contribution >= 4 is 33.4 Å². The van der Waals surface area contributed by atoms with Crippen LogP contribution < -0.4 is 11.4 Å². The molecule has 1 aromatic heterocycles. The second-order valence-electron chi connectivity index (χ2n) is 3.70. The van der Waals surface area contributed by atoms with Crippen molar-refractivity contribution in [2.45, 2.75) is 24.4 Å². The highest BCUT2D eigenvalue weighted by molar-refractivity contribution is 9.10. The average Bonchev–Trinajstić information content (AvgIpc) is 2.71. The Kier molecular flexibility index (Phi) is 4.13. The number of hydrogen-bond acceptors (Lipinski definition) is 4. The van der Waals surface area contributed by atoms with E-state index >= 15 is 0 Å². The first-order chi connectivity index (χ1) is 8.61. The van der Waals surface area contributed by atoms with Crippen molar-refractivity contribution in [3.05, 3.63) is 38.7 Å². The molecule has 1 aromatic carbocycles. The van der Waals surface area contributed by atoms with Crippen LogP contribution >= 0.6 is 27.7 Å². The van der Waals surface area contributed by atoms with Gasteiger partial charge >= 0.3 is 5.69 Å². The smallest absolute Gasteiger partial charge is 0.343 e. The fraction of sp³-hybridized carbons (Fsp3) is 0.273. The van der Waals surface area contributed by atoms with Gasteiger partial charge in [-0.05, 0) is 40.5 Å². The molecule has 5 nitrogen and oxygen atoms in total. The zero-order valence-electron chi connectivity index (χ0n) is 9.81. The van der Waals surface area contributed by atoms with Crippen LogP contribution in [0.25, 0.3) is 0 Å². The van der Waals surface area contributed by atoms with Crippen LogP contribution in [0.5, 0.6) is 0 Å². The molecule has 0 saturated heterocycles. The third-order valence-electron chi connectivity index (χ3n) is 2.47. The van der Waals surface area contributed by atoms with E-state index in [0.29, 0.717) is 17.4 Å². The first kappa shape index (κ1) is 13.2. The molecule has 3 N–H and O–H groups in total. The lowest BCUT2D eigenvalue weighted by Crippen LogP contribution is -2.16. The molecule has 0 radical (unpaired) electrons. The van der Waals surface area contributed by atoms with E-state index in [1.54, 1.807) is 4.57 Å². The molecule has 18 heavy (non-hydrogen) atoms. The Morgan fingerprint density at radius 1 is 1.56 bits per heavy atom. The number of anilines is 1. The van der Waals surface area contributed by atoms with E-state index in [4.69, 9.17) is 5.73 Å². The van der Waals surface area contributed by atoms with Gasteiger partial charge in [0.05, 0.1) is 0 Å². The molecule has 0 atom stereocenters. The van der Waals surface area contributed by atoms with Crippen molar-refractivity contribution in [1.29, 1.82) is 0 Å². The quantitative estimate of drug-likeness (QED) is 0.666. The van der Waals surface area contributed by atoms with Crippen molar-refractivity contribution in [1.82, 2.24) is 14.8 Å². The zero-order chi connectivity index (χ0) is 13.1. The summed E-state index contributed by atoms with van der Waals surface area (Å²) >= 11 is 4.87. The number of rotatable bonds is 4. The fourth-order valence-corrected chi connectivity index (χ4v) is 2.72. The summed E-state index contributed by atoms with van der Waals surface area (Å²) in [6.07, 6.45) is 0. The maximum absolute atomic E-state index is 11.4. The molecule has 2 aromatic rings. The van der Waals surface area contributed by atoms with Crippen molar-refractivity contribution in [2.75, 3.05) is 5.73 Å². The summed E-state index contributed by atoms with van der Waals surface area (Å²) in [4.78, 5) is 11.4. The Morgan fingerprint density at radius 2 is 2.33 bits per heavy atom. The number of H-pyrrole nitrogens is 1. The summed E-state index contributed by atoms with van der Waals surface area (Å²) in [5, 5.41) is 7.14. The Bertz CT molecular complexity index is 607. The molecule has 2 rings (SSSR count). The Hall–Kier alpha value is -1.21. The van der Waals surface area contributed by atoms with Crippen LogP contribution in [0.3, 0.4) is 0 Å². The summed E-state index contributed by atoms with van der Waals surface area (Å²) in [6.45, 7) is 2.53. The van der Waals surface area contributed by atoms with E-state index in [1.165, 1.54) is 11.8 Å². The van der Waals surface area contributed by atoms with Crippen LogP contribution in [0, 0.1) is 0 Å². The standard InChI is InChI=1S/C11H13BrN4OS/c1-2-16-10(17)14-15-11(16)18-6-7-3-4-8(12)9(13)5-7/h3-5H,2,6,13H2,1H3,(H,14,17). The van der Waals surface area contributed by atoms with E-state index in [9.17, 15) is 4.79 Å². The van der Waals surface area contributed by atoms with Gasteiger partial charge in [0, 0.05) is 22.5 Å². The molecule has 0 saturated carbocycles. The van der Waals surface area contributed by atoms with Gasteiger partial charge in [0.25, 0.3) is 0 Å². The minimum Gasteiger partial charge on any atom is -0.398 e. The summed E-state index contributed by atoms with van der Waals surface area (Å²) in [5.74, 6) is 0.724. The molecule has 0 fully saturated rings. The zero-order valence-corrected chi connectivity index (χ0v) is 12.2. The summed E-state index contributed by atoms with van der Waals surface area (Å²) in [7, 11) is 0. The molecular formula is C11H13BrN4OS. The van der Waals surface area contributed by atoms with Gasteiger partial charge in [-0.2, -0.15) is 0 Å². The van der Waals surface area contributed by atoms with Crippen LogP contribution in [-0.4, -0.2) is 14.8 Å². The van der Waals surface area contributed by atoms with Crippen LogP contribution in [0.4, 0.5) is 5.69 Å². The average molecular weight is 329 g/mol. The van der Waals surface area contributed by atoms with Gasteiger partial charge in [0.15, 0.2) is 5.16 Å². The fourth-order valence-electron chi connectivity index (χ4n) is 1.52. The molecule has 0 aliphatic heterocycles. The number of nitrogens with one attached hydrogen (secondary N) is 1. The third kappa shape index (κ3) is 2.78. The molecule has 1 heterocycles. The predicted molar refractivity (Wildman–Crippen MR) is 76.6 cm³/mol. The van der Waals surface area contributed by atoms with Crippen molar-refractivity contribution in [3.63, 3.8) is 0 Å². The molecule has 0 bridgehead atoms. The lowest BCUT2D eigenvalue weighted by Gasteiger charge is -2.04. The normalized spacial score (nSPS) is 10.8. The molecule has 0 aliphatic carbocycles. The Labute approximate surface area is 117 Å². The lowest BCUT2D eigenvalue weighted by atomic mass is 10.2. The van der Waals surface area contributed by atoms with Crippen LogP contribution in [0.1, 0.15) is 12.5 Å². The summed E-state index contributed by atoms with van der Waals surface area (Å²) < 4.78 is 2.49.